The van der Waals surface area contributed by atoms with Crippen molar-refractivity contribution in [1.29, 1.82) is 0 Å². The van der Waals surface area contributed by atoms with Crippen LogP contribution < -0.4 is 15.4 Å². The monoisotopic (exact) mass is 394 g/mol. The van der Waals surface area contributed by atoms with Gasteiger partial charge in [0.25, 0.3) is 0 Å². The van der Waals surface area contributed by atoms with Crippen LogP contribution in [-0.4, -0.2) is 31.2 Å². The van der Waals surface area contributed by atoms with Crippen molar-refractivity contribution in [2.45, 2.75) is 37.8 Å². The first kappa shape index (κ1) is 19.0. The number of nitrogens with one attached hydrogen (secondary N) is 2. The van der Waals surface area contributed by atoms with Gasteiger partial charge < -0.3 is 24.5 Å². The van der Waals surface area contributed by atoms with Crippen LogP contribution in [0.15, 0.2) is 49.1 Å². The van der Waals surface area contributed by atoms with Crippen LogP contribution in [0.2, 0.25) is 0 Å². The number of ether oxygens (including phenoxy) is 1. The Balaban J connectivity index is 1.47. The zero-order valence-corrected chi connectivity index (χ0v) is 16.7. The third-order valence-corrected chi connectivity index (χ3v) is 5.21. The molecule has 152 valence electrons. The third kappa shape index (κ3) is 4.42. The standard InChI is InChI=1S/C21H26N6O2/c1-26-12-10-22-19(26)18(20-23-11-13-27(20)2)25-21(28)24-15-6-5-9-17(14-15)29-16-7-3-4-8-16/h5-6,9-14,16,18H,3-4,7-8H2,1-2H3,(H2,24,25,28). The van der Waals surface area contributed by atoms with Gasteiger partial charge in [0.1, 0.15) is 23.4 Å². The van der Waals surface area contributed by atoms with E-state index < -0.39 is 6.04 Å². The van der Waals surface area contributed by atoms with Gasteiger partial charge in [-0.05, 0) is 37.8 Å². The Labute approximate surface area is 169 Å². The lowest BCUT2D eigenvalue weighted by Crippen LogP contribution is -2.35. The number of anilines is 1. The van der Waals surface area contributed by atoms with Crippen LogP contribution in [0.5, 0.6) is 5.75 Å². The van der Waals surface area contributed by atoms with Gasteiger partial charge in [0.15, 0.2) is 0 Å². The SMILES string of the molecule is Cn1ccnc1C(NC(=O)Nc1cccc(OC2CCCC2)c1)c1nccn1C. The van der Waals surface area contributed by atoms with Crippen molar-refractivity contribution in [1.82, 2.24) is 24.4 Å². The summed E-state index contributed by atoms with van der Waals surface area (Å²) in [6.07, 6.45) is 12.0. The van der Waals surface area contributed by atoms with Gasteiger partial charge in [-0.15, -0.1) is 0 Å². The molecule has 2 amide bonds. The molecular formula is C21H26N6O2. The highest BCUT2D eigenvalue weighted by Crippen LogP contribution is 2.26. The zero-order chi connectivity index (χ0) is 20.2. The lowest BCUT2D eigenvalue weighted by molar-refractivity contribution is 0.210. The van der Waals surface area contributed by atoms with Crippen LogP contribution in [0.1, 0.15) is 43.4 Å². The number of carbonyl (C=O) groups excluding carboxylic acids is 1. The molecule has 2 N–H and O–H groups in total. The first-order valence-corrected chi connectivity index (χ1v) is 9.89. The van der Waals surface area contributed by atoms with Gasteiger partial charge in [0.2, 0.25) is 0 Å². The smallest absolute Gasteiger partial charge is 0.320 e. The molecular weight excluding hydrogens is 368 g/mol. The Morgan fingerprint density at radius 3 is 2.34 bits per heavy atom. The van der Waals surface area contributed by atoms with E-state index in [-0.39, 0.29) is 12.1 Å². The van der Waals surface area contributed by atoms with Gasteiger partial charge in [0, 0.05) is 50.6 Å². The maximum Gasteiger partial charge on any atom is 0.320 e. The van der Waals surface area contributed by atoms with Gasteiger partial charge in [-0.1, -0.05) is 6.07 Å². The zero-order valence-electron chi connectivity index (χ0n) is 16.7. The normalized spacial score (nSPS) is 14.3. The molecule has 1 aliphatic carbocycles. The van der Waals surface area contributed by atoms with Gasteiger partial charge >= 0.3 is 6.03 Å². The number of urea groups is 1. The molecule has 29 heavy (non-hydrogen) atoms. The van der Waals surface area contributed by atoms with Crippen LogP contribution in [0.4, 0.5) is 10.5 Å². The molecule has 1 aromatic carbocycles. The molecule has 0 spiro atoms. The molecule has 2 aromatic heterocycles. The van der Waals surface area contributed by atoms with E-state index in [0.29, 0.717) is 17.3 Å². The van der Waals surface area contributed by atoms with Crippen LogP contribution in [0.25, 0.3) is 0 Å². The molecule has 0 atom stereocenters. The van der Waals surface area contributed by atoms with E-state index in [4.69, 9.17) is 4.74 Å². The van der Waals surface area contributed by atoms with Crippen LogP contribution >= 0.6 is 0 Å². The fourth-order valence-corrected chi connectivity index (χ4v) is 3.70. The molecule has 0 saturated heterocycles. The Hall–Kier alpha value is -3.29. The number of aryl methyl sites for hydroxylation is 2. The first-order chi connectivity index (χ1) is 14.1. The summed E-state index contributed by atoms with van der Waals surface area (Å²) < 4.78 is 9.77. The second-order valence-electron chi connectivity index (χ2n) is 7.38. The first-order valence-electron chi connectivity index (χ1n) is 9.89. The van der Waals surface area contributed by atoms with Crippen LogP contribution in [0.3, 0.4) is 0 Å². The Bertz CT molecular complexity index is 933. The molecule has 0 aliphatic heterocycles. The maximum absolute atomic E-state index is 12.8. The van der Waals surface area contributed by atoms with E-state index in [1.165, 1.54) is 12.8 Å². The van der Waals surface area contributed by atoms with E-state index >= 15 is 0 Å². The summed E-state index contributed by atoms with van der Waals surface area (Å²) in [6.45, 7) is 0. The topological polar surface area (TPSA) is 86.0 Å². The Kier molecular flexibility index (Phi) is 5.50. The summed E-state index contributed by atoms with van der Waals surface area (Å²) in [7, 11) is 3.78. The second-order valence-corrected chi connectivity index (χ2v) is 7.38. The molecule has 4 rings (SSSR count). The number of hydrogen-bond donors (Lipinski definition) is 2. The number of hydrogen-bond acceptors (Lipinski definition) is 4. The minimum absolute atomic E-state index is 0.273. The number of carbonyl (C=O) groups is 1. The number of benzene rings is 1. The summed E-state index contributed by atoms with van der Waals surface area (Å²) in [4.78, 5) is 21.5. The van der Waals surface area contributed by atoms with Crippen molar-refractivity contribution in [3.8, 4) is 5.75 Å². The second kappa shape index (κ2) is 8.38. The Morgan fingerprint density at radius 2 is 1.76 bits per heavy atom. The van der Waals surface area contributed by atoms with Gasteiger partial charge in [-0.2, -0.15) is 0 Å². The third-order valence-electron chi connectivity index (χ3n) is 5.21. The summed E-state index contributed by atoms with van der Waals surface area (Å²) in [6, 6.07) is 6.69. The highest BCUT2D eigenvalue weighted by atomic mass is 16.5. The largest absolute Gasteiger partial charge is 0.490 e. The summed E-state index contributed by atoms with van der Waals surface area (Å²) in [5.74, 6) is 2.18. The van der Waals surface area contributed by atoms with Crippen molar-refractivity contribution in [2.75, 3.05) is 5.32 Å². The lowest BCUT2D eigenvalue weighted by Gasteiger charge is -2.19. The number of amides is 2. The van der Waals surface area contributed by atoms with Crippen LogP contribution in [0, 0.1) is 0 Å². The number of aromatic nitrogens is 4. The van der Waals surface area contributed by atoms with Crippen molar-refractivity contribution in [2.24, 2.45) is 14.1 Å². The summed E-state index contributed by atoms with van der Waals surface area (Å²) in [5.41, 5.74) is 0.677. The van der Waals surface area contributed by atoms with Gasteiger partial charge in [-0.3, -0.25) is 0 Å². The molecule has 8 heteroatoms. The molecule has 8 nitrogen and oxygen atoms in total. The van der Waals surface area contributed by atoms with E-state index in [1.54, 1.807) is 12.4 Å². The lowest BCUT2D eigenvalue weighted by atomic mass is 10.2. The minimum atomic E-state index is -0.479. The van der Waals surface area contributed by atoms with E-state index in [0.717, 1.165) is 18.6 Å². The van der Waals surface area contributed by atoms with Gasteiger partial charge in [0.05, 0.1) is 6.10 Å². The predicted molar refractivity (Wildman–Crippen MR) is 110 cm³/mol. The quantitative estimate of drug-likeness (QED) is 0.671. The fraction of sp³-hybridized carbons (Fsp3) is 0.381. The molecule has 0 radical (unpaired) electrons. The molecule has 3 aromatic rings. The molecule has 1 aliphatic rings. The Morgan fingerprint density at radius 1 is 1.10 bits per heavy atom. The van der Waals surface area contributed by atoms with Crippen molar-refractivity contribution in [3.05, 3.63) is 60.7 Å². The molecule has 0 bridgehead atoms. The van der Waals surface area contributed by atoms with Crippen LogP contribution in [-0.2, 0) is 14.1 Å². The molecule has 0 unspecified atom stereocenters. The average Bonchev–Trinajstić information content (AvgIpc) is 3.43. The predicted octanol–water partition coefficient (Wildman–Crippen LogP) is 3.39. The molecule has 2 heterocycles. The van der Waals surface area contributed by atoms with E-state index in [1.807, 2.05) is 59.9 Å². The molecule has 1 fully saturated rings. The number of nitrogens with zero attached hydrogens (tertiary/aromatic N) is 4. The summed E-state index contributed by atoms with van der Waals surface area (Å²) >= 11 is 0. The fourth-order valence-electron chi connectivity index (χ4n) is 3.70. The molecule has 1 saturated carbocycles. The highest BCUT2D eigenvalue weighted by molar-refractivity contribution is 5.89. The van der Waals surface area contributed by atoms with E-state index in [9.17, 15) is 4.79 Å². The highest BCUT2D eigenvalue weighted by Gasteiger charge is 2.24. The minimum Gasteiger partial charge on any atom is -0.490 e. The summed E-state index contributed by atoms with van der Waals surface area (Å²) in [5, 5.41) is 5.88. The average molecular weight is 394 g/mol. The maximum atomic E-state index is 12.8. The number of rotatable bonds is 6. The van der Waals surface area contributed by atoms with Crippen molar-refractivity contribution < 1.29 is 9.53 Å². The van der Waals surface area contributed by atoms with Crippen molar-refractivity contribution >= 4 is 11.7 Å². The van der Waals surface area contributed by atoms with Crippen molar-refractivity contribution in [3.63, 3.8) is 0 Å². The number of imidazole rings is 2. The van der Waals surface area contributed by atoms with Gasteiger partial charge in [-0.25, -0.2) is 14.8 Å². The van der Waals surface area contributed by atoms with E-state index in [2.05, 4.69) is 20.6 Å².